The van der Waals surface area contributed by atoms with Crippen LogP contribution in [0.1, 0.15) is 42.2 Å². The predicted octanol–water partition coefficient (Wildman–Crippen LogP) is 2.15. The van der Waals surface area contributed by atoms with E-state index in [0.29, 0.717) is 11.4 Å². The van der Waals surface area contributed by atoms with Gasteiger partial charge in [-0.05, 0) is 19.1 Å². The molecule has 0 aliphatic carbocycles. The summed E-state index contributed by atoms with van der Waals surface area (Å²) in [6.45, 7) is 6.84. The van der Waals surface area contributed by atoms with Crippen molar-refractivity contribution in [2.24, 2.45) is 5.92 Å². The van der Waals surface area contributed by atoms with Crippen molar-refractivity contribution < 1.29 is 19.1 Å². The summed E-state index contributed by atoms with van der Waals surface area (Å²) in [7, 11) is 0. The average molecular weight is 297 g/mol. The number of hydrogen-bond acceptors (Lipinski definition) is 5. The third-order valence-electron chi connectivity index (χ3n) is 2.55. The topological polar surface area (TPSA) is 72.5 Å². The van der Waals surface area contributed by atoms with E-state index >= 15 is 0 Å². The van der Waals surface area contributed by atoms with Gasteiger partial charge in [-0.25, -0.2) is 0 Å². The summed E-state index contributed by atoms with van der Waals surface area (Å²) < 4.78 is 5.08. The van der Waals surface area contributed by atoms with Gasteiger partial charge in [0.1, 0.15) is 0 Å². The van der Waals surface area contributed by atoms with Gasteiger partial charge in [-0.3, -0.25) is 14.4 Å². The molecule has 0 aromatic carbocycles. The van der Waals surface area contributed by atoms with Crippen molar-refractivity contribution in [1.29, 1.82) is 0 Å². The van der Waals surface area contributed by atoms with Crippen LogP contribution >= 0.6 is 11.3 Å². The predicted molar refractivity (Wildman–Crippen MR) is 76.6 cm³/mol. The molecular weight excluding hydrogens is 278 g/mol. The van der Waals surface area contributed by atoms with Crippen molar-refractivity contribution in [3.05, 3.63) is 21.9 Å². The Labute approximate surface area is 122 Å². The molecule has 6 heteroatoms. The number of carbonyl (C=O) groups is 3. The molecule has 0 spiro atoms. The lowest BCUT2D eigenvalue weighted by molar-refractivity contribution is -0.150. The zero-order valence-electron chi connectivity index (χ0n) is 12.1. The van der Waals surface area contributed by atoms with Crippen LogP contribution in [0.15, 0.2) is 12.1 Å². The lowest BCUT2D eigenvalue weighted by Gasteiger charge is -2.12. The van der Waals surface area contributed by atoms with Gasteiger partial charge >= 0.3 is 5.97 Å². The molecular formula is C14H19NO4S. The van der Waals surface area contributed by atoms with Crippen molar-refractivity contribution in [3.8, 4) is 0 Å². The van der Waals surface area contributed by atoms with Crippen LogP contribution in [0.3, 0.4) is 0 Å². The number of amides is 1. The first-order valence-corrected chi connectivity index (χ1v) is 7.20. The van der Waals surface area contributed by atoms with E-state index < -0.39 is 6.10 Å². The maximum Gasteiger partial charge on any atom is 0.309 e. The molecule has 0 aliphatic heterocycles. The summed E-state index contributed by atoms with van der Waals surface area (Å²) >= 11 is 1.29. The molecule has 20 heavy (non-hydrogen) atoms. The van der Waals surface area contributed by atoms with Crippen LogP contribution in [0, 0.1) is 5.92 Å². The molecule has 110 valence electrons. The van der Waals surface area contributed by atoms with Gasteiger partial charge < -0.3 is 10.1 Å². The highest BCUT2D eigenvalue weighted by molar-refractivity contribution is 7.14. The molecule has 5 nitrogen and oxygen atoms in total. The summed E-state index contributed by atoms with van der Waals surface area (Å²) in [6.07, 6.45) is -0.794. The first kappa shape index (κ1) is 16.4. The fraction of sp³-hybridized carbons (Fsp3) is 0.500. The van der Waals surface area contributed by atoms with E-state index in [2.05, 4.69) is 5.32 Å². The smallest absolute Gasteiger partial charge is 0.309 e. The Hall–Kier alpha value is -1.69. The highest BCUT2D eigenvalue weighted by atomic mass is 32.1. The average Bonchev–Trinajstić information content (AvgIpc) is 2.83. The van der Waals surface area contributed by atoms with Crippen molar-refractivity contribution in [3.63, 3.8) is 0 Å². The van der Waals surface area contributed by atoms with Crippen molar-refractivity contribution in [1.82, 2.24) is 5.32 Å². The molecule has 0 saturated heterocycles. The monoisotopic (exact) mass is 297 g/mol. The van der Waals surface area contributed by atoms with Crippen LogP contribution in [0.2, 0.25) is 0 Å². The number of ether oxygens (including phenoxy) is 1. The first-order valence-electron chi connectivity index (χ1n) is 6.39. The SMILES string of the molecule is CC(=O)NCc1ccc(C(=O)C(C)OC(=O)C(C)C)s1. The summed E-state index contributed by atoms with van der Waals surface area (Å²) in [4.78, 5) is 35.8. The zero-order chi connectivity index (χ0) is 15.3. The number of Topliss-reactive ketones (excluding diaryl/α,β-unsaturated/α-hetero) is 1. The Morgan fingerprint density at radius 2 is 1.90 bits per heavy atom. The minimum absolute atomic E-state index is 0.120. The second kappa shape index (κ2) is 7.19. The van der Waals surface area contributed by atoms with E-state index in [4.69, 9.17) is 4.74 Å². The summed E-state index contributed by atoms with van der Waals surface area (Å²) in [6, 6.07) is 3.47. The lowest BCUT2D eigenvalue weighted by atomic mass is 10.2. The molecule has 1 amide bonds. The van der Waals surface area contributed by atoms with E-state index in [9.17, 15) is 14.4 Å². The van der Waals surface area contributed by atoms with Crippen LogP contribution in [-0.2, 0) is 20.9 Å². The normalized spacial score (nSPS) is 12.1. The fourth-order valence-corrected chi connectivity index (χ4v) is 2.35. The third-order valence-corrected chi connectivity index (χ3v) is 3.65. The van der Waals surface area contributed by atoms with Gasteiger partial charge in [0.2, 0.25) is 11.7 Å². The van der Waals surface area contributed by atoms with Gasteiger partial charge in [-0.2, -0.15) is 0 Å². The molecule has 1 aromatic rings. The number of rotatable bonds is 6. The maximum atomic E-state index is 12.1. The fourth-order valence-electron chi connectivity index (χ4n) is 1.38. The quantitative estimate of drug-likeness (QED) is 0.645. The first-order chi connectivity index (χ1) is 9.31. The molecule has 0 fully saturated rings. The summed E-state index contributed by atoms with van der Waals surface area (Å²) in [5.74, 6) is -0.992. The van der Waals surface area contributed by atoms with Gasteiger partial charge in [-0.15, -0.1) is 11.3 Å². The number of thiophene rings is 1. The van der Waals surface area contributed by atoms with Crippen LogP contribution in [0.4, 0.5) is 0 Å². The molecule has 1 heterocycles. The van der Waals surface area contributed by atoms with Crippen molar-refractivity contribution in [2.75, 3.05) is 0 Å². The van der Waals surface area contributed by atoms with E-state index in [1.54, 1.807) is 32.9 Å². The third kappa shape index (κ3) is 4.77. The molecule has 0 bridgehead atoms. The Bertz CT molecular complexity index is 507. The Balaban J connectivity index is 2.63. The molecule has 1 N–H and O–H groups in total. The van der Waals surface area contributed by atoms with Gasteiger partial charge in [0.05, 0.1) is 17.3 Å². The largest absolute Gasteiger partial charge is 0.454 e. The minimum atomic E-state index is -0.794. The van der Waals surface area contributed by atoms with E-state index in [0.717, 1.165) is 4.88 Å². The molecule has 1 aromatic heterocycles. The minimum Gasteiger partial charge on any atom is -0.454 e. The number of ketones is 1. The Morgan fingerprint density at radius 3 is 2.45 bits per heavy atom. The molecule has 1 atom stereocenters. The molecule has 1 unspecified atom stereocenters. The highest BCUT2D eigenvalue weighted by Crippen LogP contribution is 2.19. The zero-order valence-corrected chi connectivity index (χ0v) is 12.9. The Kier molecular flexibility index (Phi) is 5.88. The van der Waals surface area contributed by atoms with E-state index in [1.807, 2.05) is 0 Å². The van der Waals surface area contributed by atoms with Crippen LogP contribution < -0.4 is 5.32 Å². The number of nitrogens with one attached hydrogen (secondary N) is 1. The van der Waals surface area contributed by atoms with E-state index in [1.165, 1.54) is 18.3 Å². The number of carbonyl (C=O) groups excluding carboxylic acids is 3. The maximum absolute atomic E-state index is 12.1. The molecule has 0 saturated carbocycles. The van der Waals surface area contributed by atoms with Gasteiger partial charge in [0, 0.05) is 11.8 Å². The highest BCUT2D eigenvalue weighted by Gasteiger charge is 2.22. The van der Waals surface area contributed by atoms with Gasteiger partial charge in [-0.1, -0.05) is 13.8 Å². The van der Waals surface area contributed by atoms with Gasteiger partial charge in [0.15, 0.2) is 6.10 Å². The van der Waals surface area contributed by atoms with Gasteiger partial charge in [0.25, 0.3) is 0 Å². The van der Waals surface area contributed by atoms with Crippen LogP contribution in [0.25, 0.3) is 0 Å². The number of hydrogen-bond donors (Lipinski definition) is 1. The Morgan fingerprint density at radius 1 is 1.25 bits per heavy atom. The standard InChI is InChI=1S/C14H19NO4S/c1-8(2)14(18)19-9(3)13(17)12-6-5-11(20-12)7-15-10(4)16/h5-6,8-9H,7H2,1-4H3,(H,15,16). The number of esters is 1. The lowest BCUT2D eigenvalue weighted by Crippen LogP contribution is -2.26. The van der Waals surface area contributed by atoms with Crippen LogP contribution in [-0.4, -0.2) is 23.8 Å². The van der Waals surface area contributed by atoms with Crippen molar-refractivity contribution >= 4 is 29.0 Å². The summed E-state index contributed by atoms with van der Waals surface area (Å²) in [5, 5.41) is 2.67. The molecule has 1 rings (SSSR count). The summed E-state index contributed by atoms with van der Waals surface area (Å²) in [5.41, 5.74) is 0. The van der Waals surface area contributed by atoms with E-state index in [-0.39, 0.29) is 23.6 Å². The van der Waals surface area contributed by atoms with Crippen LogP contribution in [0.5, 0.6) is 0 Å². The molecule has 0 aliphatic rings. The second-order valence-electron chi connectivity index (χ2n) is 4.77. The molecule has 0 radical (unpaired) electrons. The second-order valence-corrected chi connectivity index (χ2v) is 5.94. The van der Waals surface area contributed by atoms with Crippen molar-refractivity contribution in [2.45, 2.75) is 40.3 Å².